The highest BCUT2D eigenvalue weighted by Gasteiger charge is 2.44. The molecule has 1 amide bonds. The first-order valence-electron chi connectivity index (χ1n) is 17.5. The molecule has 2 aromatic rings. The third-order valence-electron chi connectivity index (χ3n) is 9.02. The second-order valence-electron chi connectivity index (χ2n) is 12.8. The molecule has 10 nitrogen and oxygen atoms in total. The van der Waals surface area contributed by atoms with Crippen LogP contribution in [0.15, 0.2) is 54.6 Å². The average Bonchev–Trinajstić information content (AvgIpc) is 3.10. The van der Waals surface area contributed by atoms with Crippen LogP contribution in [0, 0.1) is 0 Å². The molecule has 1 aliphatic rings. The molecule has 8 unspecified atom stereocenters. The van der Waals surface area contributed by atoms with Crippen molar-refractivity contribution in [2.45, 2.75) is 139 Å². The molecule has 10 heteroatoms. The Hall–Kier alpha value is -2.41. The van der Waals surface area contributed by atoms with Gasteiger partial charge >= 0.3 is 0 Å². The number of aliphatic hydroxyl groups excluding tert-OH is 6. The Labute approximate surface area is 279 Å². The minimum Gasteiger partial charge on any atom is -0.394 e. The second kappa shape index (κ2) is 21.5. The molecule has 0 aliphatic carbocycles. The minimum atomic E-state index is -1.64. The van der Waals surface area contributed by atoms with E-state index in [4.69, 9.17) is 9.47 Å². The van der Waals surface area contributed by atoms with Crippen LogP contribution >= 0.6 is 0 Å². The van der Waals surface area contributed by atoms with E-state index in [1.165, 1.54) is 51.4 Å². The standard InChI is InChI=1S/C37H57NO9/c1-2-3-4-5-6-7-8-9-10-11-12-16-19-30(40)32(41)29(25-46-37-35(44)34(43)33(42)31(24-39)47-37)38-36(45)28-22-20-27(21-23-28)26-17-14-13-15-18-26/h13-15,17-18,20-23,29-35,37,39-44H,2-12,16,19,24-25H2,1H3,(H,38,45). The number of carbonyl (C=O) groups excluding carboxylic acids is 1. The van der Waals surface area contributed by atoms with Crippen LogP contribution in [0.3, 0.4) is 0 Å². The molecule has 1 saturated heterocycles. The fourth-order valence-corrected chi connectivity index (χ4v) is 5.96. The lowest BCUT2D eigenvalue weighted by atomic mass is 9.98. The predicted molar refractivity (Wildman–Crippen MR) is 181 cm³/mol. The largest absolute Gasteiger partial charge is 0.394 e. The monoisotopic (exact) mass is 659 g/mol. The summed E-state index contributed by atoms with van der Waals surface area (Å²) in [5.74, 6) is -0.497. The Morgan fingerprint density at radius 1 is 0.766 bits per heavy atom. The van der Waals surface area contributed by atoms with Gasteiger partial charge in [0.15, 0.2) is 6.29 Å². The quantitative estimate of drug-likeness (QED) is 0.0921. The molecule has 0 aromatic heterocycles. The Morgan fingerprint density at radius 2 is 1.32 bits per heavy atom. The highest BCUT2D eigenvalue weighted by Crippen LogP contribution is 2.23. The number of amides is 1. The van der Waals surface area contributed by atoms with Gasteiger partial charge < -0.3 is 45.4 Å². The van der Waals surface area contributed by atoms with Crippen molar-refractivity contribution in [3.05, 3.63) is 60.2 Å². The summed E-state index contributed by atoms with van der Waals surface area (Å²) in [6.45, 7) is 1.23. The van der Waals surface area contributed by atoms with Crippen LogP contribution < -0.4 is 5.32 Å². The Morgan fingerprint density at radius 3 is 1.89 bits per heavy atom. The van der Waals surface area contributed by atoms with Crippen LogP contribution in [0.5, 0.6) is 0 Å². The van der Waals surface area contributed by atoms with Crippen LogP contribution in [0.1, 0.15) is 101 Å². The van der Waals surface area contributed by atoms with Gasteiger partial charge in [0.05, 0.1) is 25.4 Å². The van der Waals surface area contributed by atoms with E-state index in [0.29, 0.717) is 18.4 Å². The van der Waals surface area contributed by atoms with E-state index in [2.05, 4.69) is 12.2 Å². The topological polar surface area (TPSA) is 169 Å². The maximum absolute atomic E-state index is 13.3. The lowest BCUT2D eigenvalue weighted by Gasteiger charge is -2.40. The number of nitrogens with one attached hydrogen (secondary N) is 1. The fraction of sp³-hybridized carbons (Fsp3) is 0.649. The molecule has 1 aliphatic heterocycles. The fourth-order valence-electron chi connectivity index (χ4n) is 5.96. The van der Waals surface area contributed by atoms with Gasteiger partial charge in [0.25, 0.3) is 5.91 Å². The molecule has 0 spiro atoms. The summed E-state index contributed by atoms with van der Waals surface area (Å²) in [4.78, 5) is 13.3. The number of aliphatic hydroxyl groups is 6. The summed E-state index contributed by atoms with van der Waals surface area (Å²) in [7, 11) is 0. The Balaban J connectivity index is 1.54. The van der Waals surface area contributed by atoms with Crippen molar-refractivity contribution >= 4 is 5.91 Å². The van der Waals surface area contributed by atoms with Crippen LogP contribution in [0.4, 0.5) is 0 Å². The van der Waals surface area contributed by atoms with Gasteiger partial charge in [-0.3, -0.25) is 4.79 Å². The zero-order chi connectivity index (χ0) is 34.0. The molecule has 3 rings (SSSR count). The Kier molecular flexibility index (Phi) is 17.9. The first kappa shape index (κ1) is 39.0. The van der Waals surface area contributed by atoms with Gasteiger partial charge in [-0.05, 0) is 29.7 Å². The van der Waals surface area contributed by atoms with Gasteiger partial charge in [-0.15, -0.1) is 0 Å². The van der Waals surface area contributed by atoms with Crippen molar-refractivity contribution < 1.29 is 44.9 Å². The molecule has 0 radical (unpaired) electrons. The summed E-state index contributed by atoms with van der Waals surface area (Å²) in [5, 5.41) is 64.9. The smallest absolute Gasteiger partial charge is 0.251 e. The van der Waals surface area contributed by atoms with Crippen LogP contribution in [0.25, 0.3) is 11.1 Å². The first-order valence-corrected chi connectivity index (χ1v) is 17.5. The third kappa shape index (κ3) is 12.9. The molecule has 0 bridgehead atoms. The molecular weight excluding hydrogens is 602 g/mol. The molecule has 0 saturated carbocycles. The molecule has 1 heterocycles. The van der Waals surface area contributed by atoms with E-state index in [9.17, 15) is 35.4 Å². The van der Waals surface area contributed by atoms with E-state index in [0.717, 1.165) is 30.4 Å². The lowest BCUT2D eigenvalue weighted by Crippen LogP contribution is -2.60. The van der Waals surface area contributed by atoms with Gasteiger partial charge in [-0.25, -0.2) is 0 Å². The summed E-state index contributed by atoms with van der Waals surface area (Å²) >= 11 is 0. The van der Waals surface area contributed by atoms with Gasteiger partial charge in [0.1, 0.15) is 30.5 Å². The van der Waals surface area contributed by atoms with Gasteiger partial charge in [0.2, 0.25) is 0 Å². The number of ether oxygens (including phenoxy) is 2. The van der Waals surface area contributed by atoms with Crippen LogP contribution in [-0.2, 0) is 9.47 Å². The number of hydrogen-bond donors (Lipinski definition) is 7. The molecule has 2 aromatic carbocycles. The average molecular weight is 660 g/mol. The summed E-state index contributed by atoms with van der Waals surface area (Å²) in [6.07, 6.45) is 4.44. The van der Waals surface area contributed by atoms with Crippen molar-refractivity contribution in [3.8, 4) is 11.1 Å². The molecule has 7 N–H and O–H groups in total. The number of rotatable bonds is 22. The highest BCUT2D eigenvalue weighted by molar-refractivity contribution is 5.95. The van der Waals surface area contributed by atoms with E-state index in [-0.39, 0.29) is 6.61 Å². The second-order valence-corrected chi connectivity index (χ2v) is 12.8. The number of carbonyl (C=O) groups is 1. The Bertz CT molecular complexity index is 1120. The zero-order valence-electron chi connectivity index (χ0n) is 27.8. The first-order chi connectivity index (χ1) is 22.8. The molecular formula is C37H57NO9. The van der Waals surface area contributed by atoms with Crippen LogP contribution in [-0.4, -0.2) is 98.7 Å². The summed E-state index contributed by atoms with van der Waals surface area (Å²) in [6, 6.07) is 15.6. The molecule has 1 fully saturated rings. The highest BCUT2D eigenvalue weighted by atomic mass is 16.7. The van der Waals surface area contributed by atoms with E-state index in [1.807, 2.05) is 42.5 Å². The van der Waals surface area contributed by atoms with Crippen molar-refractivity contribution in [2.24, 2.45) is 0 Å². The number of hydrogen-bond acceptors (Lipinski definition) is 9. The lowest BCUT2D eigenvalue weighted by molar-refractivity contribution is -0.303. The number of benzene rings is 2. The molecule has 47 heavy (non-hydrogen) atoms. The van der Waals surface area contributed by atoms with E-state index in [1.54, 1.807) is 12.1 Å². The predicted octanol–water partition coefficient (Wildman–Crippen LogP) is 4.08. The summed E-state index contributed by atoms with van der Waals surface area (Å²) in [5.41, 5.74) is 2.27. The number of unbranched alkanes of at least 4 members (excludes halogenated alkanes) is 11. The normalized spacial score (nSPS) is 23.3. The maximum atomic E-state index is 13.3. The summed E-state index contributed by atoms with van der Waals surface area (Å²) < 4.78 is 11.1. The van der Waals surface area contributed by atoms with Crippen molar-refractivity contribution in [3.63, 3.8) is 0 Å². The van der Waals surface area contributed by atoms with Gasteiger partial charge in [0, 0.05) is 5.56 Å². The van der Waals surface area contributed by atoms with E-state index >= 15 is 0 Å². The molecule has 264 valence electrons. The van der Waals surface area contributed by atoms with Gasteiger partial charge in [-0.2, -0.15) is 0 Å². The van der Waals surface area contributed by atoms with Crippen LogP contribution in [0.2, 0.25) is 0 Å². The van der Waals surface area contributed by atoms with E-state index < -0.39 is 61.5 Å². The maximum Gasteiger partial charge on any atom is 0.251 e. The zero-order valence-corrected chi connectivity index (χ0v) is 27.8. The van der Waals surface area contributed by atoms with Gasteiger partial charge in [-0.1, -0.05) is 126 Å². The minimum absolute atomic E-state index is 0.330. The van der Waals surface area contributed by atoms with Crippen molar-refractivity contribution in [2.75, 3.05) is 13.2 Å². The SMILES string of the molecule is CCCCCCCCCCCCCCC(O)C(O)C(COC1OC(CO)C(O)C(O)C1O)NC(=O)c1ccc(-c2ccccc2)cc1. The third-order valence-corrected chi connectivity index (χ3v) is 9.02. The van der Waals surface area contributed by atoms with Crippen molar-refractivity contribution in [1.29, 1.82) is 0 Å². The molecule has 8 atom stereocenters. The van der Waals surface area contributed by atoms with Crippen molar-refractivity contribution in [1.82, 2.24) is 5.32 Å².